The molecule has 0 spiro atoms. The Morgan fingerprint density at radius 3 is 2.74 bits per heavy atom. The fourth-order valence-corrected chi connectivity index (χ4v) is 5.04. The molecule has 0 N–H and O–H groups in total. The first kappa shape index (κ1) is 28.4. The number of methoxy groups -OCH3 is 1. The molecule has 43 heavy (non-hydrogen) atoms. The molecule has 9 nitrogen and oxygen atoms in total. The van der Waals surface area contributed by atoms with Crippen LogP contribution in [0.15, 0.2) is 79.1 Å². The second kappa shape index (κ2) is 12.6. The lowest BCUT2D eigenvalue weighted by molar-refractivity contribution is 0.0152. The number of alkyl halides is 1. The lowest BCUT2D eigenvalue weighted by Crippen LogP contribution is -2.49. The summed E-state index contributed by atoms with van der Waals surface area (Å²) in [5.41, 5.74) is 3.19. The number of aromatic nitrogens is 3. The summed E-state index contributed by atoms with van der Waals surface area (Å²) in [4.78, 5) is 23.1. The average Bonchev–Trinajstić information content (AvgIpc) is 3.44. The number of amides is 1. The Kier molecular flexibility index (Phi) is 8.32. The van der Waals surface area contributed by atoms with Crippen molar-refractivity contribution in [3.63, 3.8) is 0 Å². The summed E-state index contributed by atoms with van der Waals surface area (Å²) < 4.78 is 53.8. The molecule has 0 aliphatic carbocycles. The van der Waals surface area contributed by atoms with Crippen molar-refractivity contribution >= 4 is 22.6 Å². The molecule has 1 fully saturated rings. The van der Waals surface area contributed by atoms with Gasteiger partial charge in [-0.05, 0) is 23.8 Å². The van der Waals surface area contributed by atoms with E-state index >= 15 is 4.39 Å². The van der Waals surface area contributed by atoms with Gasteiger partial charge in [0.2, 0.25) is 0 Å². The van der Waals surface area contributed by atoms with Crippen LogP contribution in [0.5, 0.6) is 11.5 Å². The second-order valence-corrected chi connectivity index (χ2v) is 10.2. The largest absolute Gasteiger partial charge is 0.491 e. The van der Waals surface area contributed by atoms with Crippen LogP contribution >= 0.6 is 0 Å². The smallest absolute Gasteiger partial charge is 0.410 e. The predicted molar refractivity (Wildman–Crippen MR) is 155 cm³/mol. The molecule has 2 atom stereocenters. The number of piperidine rings is 1. The fraction of sp³-hybridized carbons (Fsp3) is 0.281. The molecule has 6 rings (SSSR count). The summed E-state index contributed by atoms with van der Waals surface area (Å²) in [6.07, 6.45) is 0.756. The van der Waals surface area contributed by atoms with Crippen LogP contribution in [0.3, 0.4) is 0 Å². The third-order valence-electron chi connectivity index (χ3n) is 7.25. The van der Waals surface area contributed by atoms with Crippen LogP contribution in [0.25, 0.3) is 27.9 Å². The quantitative estimate of drug-likeness (QED) is 0.200. The zero-order valence-electron chi connectivity index (χ0n) is 23.5. The number of hydrogen-bond acceptors (Lipinski definition) is 7. The van der Waals surface area contributed by atoms with Crippen molar-refractivity contribution in [1.82, 2.24) is 19.3 Å². The molecule has 2 aromatic carbocycles. The number of nitrogens with zero attached hydrogens (tertiary/aromatic N) is 4. The lowest BCUT2D eigenvalue weighted by atomic mass is 10.1. The minimum absolute atomic E-state index is 0.103. The van der Waals surface area contributed by atoms with E-state index in [4.69, 9.17) is 23.9 Å². The highest BCUT2D eigenvalue weighted by Gasteiger charge is 2.34. The first-order valence-electron chi connectivity index (χ1n) is 13.9. The van der Waals surface area contributed by atoms with Gasteiger partial charge in [0.25, 0.3) is 0 Å². The van der Waals surface area contributed by atoms with E-state index in [9.17, 15) is 9.18 Å². The molecule has 2 unspecified atom stereocenters. The third-order valence-corrected chi connectivity index (χ3v) is 7.25. The highest BCUT2D eigenvalue weighted by atomic mass is 19.1. The summed E-state index contributed by atoms with van der Waals surface area (Å²) in [6, 6.07) is 19.0. The minimum Gasteiger partial charge on any atom is -0.491 e. The summed E-state index contributed by atoms with van der Waals surface area (Å²) in [5.74, 6) is 0.271. The van der Waals surface area contributed by atoms with E-state index in [-0.39, 0.29) is 31.9 Å². The van der Waals surface area contributed by atoms with Gasteiger partial charge in [0, 0.05) is 43.8 Å². The van der Waals surface area contributed by atoms with Gasteiger partial charge in [0.15, 0.2) is 6.17 Å². The maximum atomic E-state index is 15.3. The van der Waals surface area contributed by atoms with Gasteiger partial charge >= 0.3 is 6.09 Å². The van der Waals surface area contributed by atoms with Crippen molar-refractivity contribution in [2.24, 2.45) is 0 Å². The molecule has 0 bridgehead atoms. The third kappa shape index (κ3) is 6.36. The summed E-state index contributed by atoms with van der Waals surface area (Å²) >= 11 is 0. The first-order chi connectivity index (χ1) is 21.0. The summed E-state index contributed by atoms with van der Waals surface area (Å²) in [5, 5.41) is 0.513. The van der Waals surface area contributed by atoms with Gasteiger partial charge in [-0.2, -0.15) is 0 Å². The zero-order chi connectivity index (χ0) is 29.8. The average molecular weight is 589 g/mol. The van der Waals surface area contributed by atoms with Gasteiger partial charge in [-0.25, -0.2) is 23.5 Å². The molecule has 5 aromatic rings. The number of hydrogen-bond donors (Lipinski definition) is 0. The van der Waals surface area contributed by atoms with Crippen molar-refractivity contribution in [2.45, 2.75) is 25.3 Å². The van der Waals surface area contributed by atoms with Crippen LogP contribution in [-0.2, 0) is 16.1 Å². The number of carbonyl (C=O) groups excluding carboxylic acids is 1. The molecule has 222 valence electrons. The van der Waals surface area contributed by atoms with Crippen molar-refractivity contribution in [2.75, 3.05) is 33.4 Å². The summed E-state index contributed by atoms with van der Waals surface area (Å²) in [7, 11) is 1.61. The highest BCUT2D eigenvalue weighted by Crippen LogP contribution is 2.32. The van der Waals surface area contributed by atoms with Crippen molar-refractivity contribution in [3.8, 4) is 22.9 Å². The normalized spacial score (nSPS) is 16.9. The number of carbonyl (C=O) groups is 1. The van der Waals surface area contributed by atoms with Crippen LogP contribution in [0.2, 0.25) is 0 Å². The highest BCUT2D eigenvalue weighted by molar-refractivity contribution is 5.87. The van der Waals surface area contributed by atoms with Gasteiger partial charge in [-0.3, -0.25) is 4.40 Å². The van der Waals surface area contributed by atoms with Crippen LogP contribution < -0.4 is 9.47 Å². The lowest BCUT2D eigenvalue weighted by Gasteiger charge is -2.34. The minimum atomic E-state index is -1.50. The molecular formula is C32H30F2N4O5. The predicted octanol–water partition coefficient (Wildman–Crippen LogP) is 5.84. The molecular weight excluding hydrogens is 558 g/mol. The molecule has 4 heterocycles. The number of ether oxygens (including phenoxy) is 4. The Morgan fingerprint density at radius 2 is 1.93 bits per heavy atom. The Hall–Kier alpha value is -4.77. The van der Waals surface area contributed by atoms with E-state index in [1.807, 2.05) is 53.1 Å². The van der Waals surface area contributed by atoms with Crippen LogP contribution in [0.1, 0.15) is 12.0 Å². The zero-order valence-corrected chi connectivity index (χ0v) is 23.5. The Labute approximate surface area is 246 Å². The monoisotopic (exact) mass is 588 g/mol. The number of imidazole rings is 1. The van der Waals surface area contributed by atoms with E-state index in [1.165, 1.54) is 17.0 Å². The maximum Gasteiger partial charge on any atom is 0.410 e. The maximum absolute atomic E-state index is 15.3. The molecule has 11 heteroatoms. The second-order valence-electron chi connectivity index (χ2n) is 10.2. The van der Waals surface area contributed by atoms with E-state index in [0.717, 1.165) is 5.56 Å². The number of fused-ring (bicyclic) bond motifs is 2. The van der Waals surface area contributed by atoms with Gasteiger partial charge in [-0.15, -0.1) is 0 Å². The fourth-order valence-electron chi connectivity index (χ4n) is 5.04. The molecule has 0 saturated carbocycles. The van der Waals surface area contributed by atoms with Crippen molar-refractivity contribution < 1.29 is 32.5 Å². The van der Waals surface area contributed by atoms with Gasteiger partial charge < -0.3 is 23.8 Å². The van der Waals surface area contributed by atoms with Crippen LogP contribution in [-0.4, -0.2) is 71.1 Å². The number of pyridine rings is 2. The Bertz CT molecular complexity index is 1730. The summed E-state index contributed by atoms with van der Waals surface area (Å²) in [6.45, 7) is 1.04. The number of rotatable bonds is 9. The molecule has 1 aliphatic heterocycles. The molecule has 1 saturated heterocycles. The first-order valence-corrected chi connectivity index (χ1v) is 13.9. The van der Waals surface area contributed by atoms with E-state index in [2.05, 4.69) is 4.98 Å². The van der Waals surface area contributed by atoms with Gasteiger partial charge in [0.05, 0.1) is 30.7 Å². The van der Waals surface area contributed by atoms with Crippen LogP contribution in [0.4, 0.5) is 13.6 Å². The molecule has 0 radical (unpaired) electrons. The standard InChI is InChI=1S/C32H30F2N4O5/c1-40-13-14-41-24-9-12-38-27(18-35-30(38)17-24)26-8-7-22-15-23(33)16-29(31(22)36-26)43-28-10-11-37(19-25(28)34)32(39)42-20-21-5-3-2-4-6-21/h2-9,12,15-18,25,28H,10-11,13-14,19-20H2,1H3. The number of halogens is 2. The molecule has 1 amide bonds. The van der Waals surface area contributed by atoms with Crippen LogP contribution in [0, 0.1) is 5.82 Å². The number of likely N-dealkylation sites (tertiary alicyclic amines) is 1. The van der Waals surface area contributed by atoms with Crippen molar-refractivity contribution in [1.29, 1.82) is 0 Å². The topological polar surface area (TPSA) is 87.4 Å². The Balaban J connectivity index is 1.18. The molecule has 3 aromatic heterocycles. The SMILES string of the molecule is COCCOc1ccn2c(-c3ccc4cc(F)cc(OC5CCN(C(=O)OCc6ccccc6)CC5F)c4n3)cnc2c1. The van der Waals surface area contributed by atoms with E-state index in [1.54, 1.807) is 25.4 Å². The van der Waals surface area contributed by atoms with Gasteiger partial charge in [0.1, 0.15) is 47.8 Å². The van der Waals surface area contributed by atoms with Gasteiger partial charge in [-0.1, -0.05) is 36.4 Å². The van der Waals surface area contributed by atoms with Crippen molar-refractivity contribution in [3.05, 3.63) is 90.5 Å². The van der Waals surface area contributed by atoms with E-state index < -0.39 is 24.2 Å². The Morgan fingerprint density at radius 1 is 1.07 bits per heavy atom. The molecule has 1 aliphatic rings. The van der Waals surface area contributed by atoms with E-state index in [0.29, 0.717) is 46.9 Å². The number of benzene rings is 2.